The predicted octanol–water partition coefficient (Wildman–Crippen LogP) is -0.527. The predicted molar refractivity (Wildman–Crippen MR) is 67.3 cm³/mol. The van der Waals surface area contributed by atoms with Crippen molar-refractivity contribution in [2.45, 2.75) is 25.4 Å². The van der Waals surface area contributed by atoms with Gasteiger partial charge in [0.1, 0.15) is 0 Å². The molecule has 18 heavy (non-hydrogen) atoms. The standard InChI is InChI=1S/C11H18N6O/c1-13-11(18)9-3-2-4-17(9)7-8-5-15-10(16-12)6-14-8/h5-6,9H,2-4,7,12H2,1H3,(H,13,18)(H,15,16). The van der Waals surface area contributed by atoms with E-state index in [0.717, 1.165) is 25.1 Å². The number of aromatic nitrogens is 2. The third-order valence-electron chi connectivity index (χ3n) is 3.13. The average molecular weight is 250 g/mol. The first kappa shape index (κ1) is 12.7. The Balaban J connectivity index is 2.01. The summed E-state index contributed by atoms with van der Waals surface area (Å²) in [5.41, 5.74) is 3.27. The van der Waals surface area contributed by atoms with Crippen LogP contribution < -0.4 is 16.6 Å². The molecule has 0 bridgehead atoms. The fourth-order valence-electron chi connectivity index (χ4n) is 2.20. The number of hydrogen-bond donors (Lipinski definition) is 3. The van der Waals surface area contributed by atoms with Crippen LogP contribution >= 0.6 is 0 Å². The van der Waals surface area contributed by atoms with Crippen LogP contribution in [0, 0.1) is 0 Å². The molecule has 1 aromatic heterocycles. The Kier molecular flexibility index (Phi) is 4.06. The van der Waals surface area contributed by atoms with Crippen molar-refractivity contribution in [2.24, 2.45) is 5.84 Å². The van der Waals surface area contributed by atoms with Crippen molar-refractivity contribution in [3.8, 4) is 0 Å². The Bertz CT molecular complexity index is 406. The summed E-state index contributed by atoms with van der Waals surface area (Å²) >= 11 is 0. The minimum atomic E-state index is -0.0517. The molecule has 7 heteroatoms. The topological polar surface area (TPSA) is 96.2 Å². The van der Waals surface area contributed by atoms with E-state index in [9.17, 15) is 4.79 Å². The van der Waals surface area contributed by atoms with Crippen molar-refractivity contribution < 1.29 is 4.79 Å². The summed E-state index contributed by atoms with van der Waals surface area (Å²) in [6, 6.07) is -0.0517. The number of rotatable bonds is 4. The van der Waals surface area contributed by atoms with Crippen LogP contribution in [0.25, 0.3) is 0 Å². The van der Waals surface area contributed by atoms with Gasteiger partial charge in [-0.15, -0.1) is 0 Å². The van der Waals surface area contributed by atoms with Crippen LogP contribution in [-0.2, 0) is 11.3 Å². The lowest BCUT2D eigenvalue weighted by Crippen LogP contribution is -2.41. The Morgan fingerprint density at radius 2 is 2.39 bits per heavy atom. The lowest BCUT2D eigenvalue weighted by molar-refractivity contribution is -0.125. The van der Waals surface area contributed by atoms with Gasteiger partial charge in [-0.05, 0) is 19.4 Å². The lowest BCUT2D eigenvalue weighted by Gasteiger charge is -2.22. The third-order valence-corrected chi connectivity index (χ3v) is 3.13. The summed E-state index contributed by atoms with van der Waals surface area (Å²) in [4.78, 5) is 22.2. The molecule has 4 N–H and O–H groups in total. The van der Waals surface area contributed by atoms with Crippen molar-refractivity contribution in [1.82, 2.24) is 20.2 Å². The molecule has 1 aliphatic rings. The molecule has 7 nitrogen and oxygen atoms in total. The molecule has 0 saturated carbocycles. The summed E-state index contributed by atoms with van der Waals surface area (Å²) < 4.78 is 0. The molecule has 0 spiro atoms. The zero-order valence-corrected chi connectivity index (χ0v) is 10.4. The number of hydrazine groups is 1. The maximum Gasteiger partial charge on any atom is 0.237 e. The fourth-order valence-corrected chi connectivity index (χ4v) is 2.20. The number of carbonyl (C=O) groups excluding carboxylic acids is 1. The van der Waals surface area contributed by atoms with Gasteiger partial charge in [0.05, 0.1) is 24.1 Å². The molecular weight excluding hydrogens is 232 g/mol. The molecule has 0 aromatic carbocycles. The van der Waals surface area contributed by atoms with Crippen LogP contribution in [0.4, 0.5) is 5.82 Å². The highest BCUT2D eigenvalue weighted by atomic mass is 16.2. The van der Waals surface area contributed by atoms with Crippen LogP contribution in [0.2, 0.25) is 0 Å². The zero-order chi connectivity index (χ0) is 13.0. The normalized spacial score (nSPS) is 19.8. The minimum Gasteiger partial charge on any atom is -0.358 e. The van der Waals surface area contributed by atoms with Crippen LogP contribution in [0.3, 0.4) is 0 Å². The monoisotopic (exact) mass is 250 g/mol. The number of nitrogen functional groups attached to an aromatic ring is 1. The number of nitrogens with two attached hydrogens (primary N) is 1. The number of carbonyl (C=O) groups is 1. The first-order chi connectivity index (χ1) is 8.74. The van der Waals surface area contributed by atoms with E-state index in [0.29, 0.717) is 12.4 Å². The highest BCUT2D eigenvalue weighted by Gasteiger charge is 2.30. The van der Waals surface area contributed by atoms with E-state index >= 15 is 0 Å². The second-order valence-electron chi connectivity index (χ2n) is 4.28. The second-order valence-corrected chi connectivity index (χ2v) is 4.28. The zero-order valence-electron chi connectivity index (χ0n) is 10.4. The highest BCUT2D eigenvalue weighted by molar-refractivity contribution is 5.81. The van der Waals surface area contributed by atoms with Gasteiger partial charge in [0, 0.05) is 13.6 Å². The van der Waals surface area contributed by atoms with E-state index in [-0.39, 0.29) is 11.9 Å². The maximum absolute atomic E-state index is 11.7. The second kappa shape index (κ2) is 5.74. The van der Waals surface area contributed by atoms with E-state index in [1.165, 1.54) is 0 Å². The van der Waals surface area contributed by atoms with Crippen molar-refractivity contribution in [3.63, 3.8) is 0 Å². The van der Waals surface area contributed by atoms with E-state index in [4.69, 9.17) is 5.84 Å². The highest BCUT2D eigenvalue weighted by Crippen LogP contribution is 2.19. The van der Waals surface area contributed by atoms with Gasteiger partial charge < -0.3 is 10.7 Å². The van der Waals surface area contributed by atoms with Gasteiger partial charge >= 0.3 is 0 Å². The summed E-state index contributed by atoms with van der Waals surface area (Å²) in [5, 5.41) is 2.70. The van der Waals surface area contributed by atoms with Gasteiger partial charge in [0.2, 0.25) is 5.91 Å². The van der Waals surface area contributed by atoms with Gasteiger partial charge in [-0.2, -0.15) is 0 Å². The third kappa shape index (κ3) is 2.74. The maximum atomic E-state index is 11.7. The molecule has 2 heterocycles. The number of amides is 1. The number of anilines is 1. The fraction of sp³-hybridized carbons (Fsp3) is 0.545. The van der Waals surface area contributed by atoms with Crippen LogP contribution in [0.15, 0.2) is 12.4 Å². The van der Waals surface area contributed by atoms with Crippen molar-refractivity contribution >= 4 is 11.7 Å². The molecule has 0 radical (unpaired) electrons. The Hall–Kier alpha value is -1.73. The van der Waals surface area contributed by atoms with Gasteiger partial charge in [-0.1, -0.05) is 0 Å². The average Bonchev–Trinajstić information content (AvgIpc) is 2.87. The molecule has 1 fully saturated rings. The van der Waals surface area contributed by atoms with Gasteiger partial charge in [0.15, 0.2) is 5.82 Å². The number of nitrogens with one attached hydrogen (secondary N) is 2. The lowest BCUT2D eigenvalue weighted by atomic mass is 10.2. The van der Waals surface area contributed by atoms with Crippen molar-refractivity contribution in [3.05, 3.63) is 18.1 Å². The minimum absolute atomic E-state index is 0.0517. The number of nitrogens with zero attached hydrogens (tertiary/aromatic N) is 3. The molecule has 1 amide bonds. The van der Waals surface area contributed by atoms with Crippen LogP contribution in [0.1, 0.15) is 18.5 Å². The van der Waals surface area contributed by atoms with Gasteiger partial charge in [-0.25, -0.2) is 10.8 Å². The van der Waals surface area contributed by atoms with Crippen LogP contribution in [0.5, 0.6) is 0 Å². The number of likely N-dealkylation sites (N-methyl/N-ethyl adjacent to an activating group) is 1. The van der Waals surface area contributed by atoms with Crippen molar-refractivity contribution in [1.29, 1.82) is 0 Å². The van der Waals surface area contributed by atoms with E-state index in [1.807, 2.05) is 0 Å². The Morgan fingerprint density at radius 3 is 3.00 bits per heavy atom. The number of likely N-dealkylation sites (tertiary alicyclic amines) is 1. The van der Waals surface area contributed by atoms with Crippen molar-refractivity contribution in [2.75, 3.05) is 19.0 Å². The van der Waals surface area contributed by atoms with Gasteiger partial charge in [0.25, 0.3) is 0 Å². The molecule has 1 aromatic rings. The molecule has 1 atom stereocenters. The molecule has 1 saturated heterocycles. The van der Waals surface area contributed by atoms with E-state index in [2.05, 4.69) is 25.6 Å². The van der Waals surface area contributed by atoms with Gasteiger partial charge in [-0.3, -0.25) is 14.7 Å². The number of hydrogen-bond acceptors (Lipinski definition) is 6. The first-order valence-electron chi connectivity index (χ1n) is 5.97. The van der Waals surface area contributed by atoms with E-state index in [1.54, 1.807) is 19.4 Å². The first-order valence-corrected chi connectivity index (χ1v) is 5.97. The summed E-state index contributed by atoms with van der Waals surface area (Å²) in [6.45, 7) is 1.55. The van der Waals surface area contributed by atoms with Crippen LogP contribution in [-0.4, -0.2) is 40.4 Å². The molecule has 98 valence electrons. The largest absolute Gasteiger partial charge is 0.358 e. The summed E-state index contributed by atoms with van der Waals surface area (Å²) in [5.74, 6) is 5.83. The SMILES string of the molecule is CNC(=O)C1CCCN1Cc1cnc(NN)cn1. The molecule has 1 aliphatic heterocycles. The smallest absolute Gasteiger partial charge is 0.237 e. The Labute approximate surface area is 106 Å². The molecular formula is C11H18N6O. The van der Waals surface area contributed by atoms with E-state index < -0.39 is 0 Å². The molecule has 2 rings (SSSR count). The molecule has 1 unspecified atom stereocenters. The summed E-state index contributed by atoms with van der Waals surface area (Å²) in [7, 11) is 1.67. The summed E-state index contributed by atoms with van der Waals surface area (Å²) in [6.07, 6.45) is 5.19. The quantitative estimate of drug-likeness (QED) is 0.491. The molecule has 0 aliphatic carbocycles. The Morgan fingerprint density at radius 1 is 1.56 bits per heavy atom.